The van der Waals surface area contributed by atoms with Gasteiger partial charge in [-0.05, 0) is 67.6 Å². The molecule has 4 heteroatoms. The van der Waals surface area contributed by atoms with E-state index in [4.69, 9.17) is 4.74 Å². The second kappa shape index (κ2) is 8.88. The number of benzene rings is 2. The van der Waals surface area contributed by atoms with Gasteiger partial charge in [0.2, 0.25) is 0 Å². The molecule has 1 N–H and O–H groups in total. The number of unbranched alkanes of at least 4 members (excludes halogenated alkanes) is 1. The van der Waals surface area contributed by atoms with Crippen LogP contribution in [-0.2, 0) is 11.2 Å². The molecule has 24 heavy (non-hydrogen) atoms. The summed E-state index contributed by atoms with van der Waals surface area (Å²) in [7, 11) is 0. The molecule has 0 saturated carbocycles. The quantitative estimate of drug-likeness (QED) is 0.685. The Morgan fingerprint density at radius 1 is 1.12 bits per heavy atom. The first-order chi connectivity index (χ1) is 11.5. The first-order valence-electron chi connectivity index (χ1n) is 8.28. The summed E-state index contributed by atoms with van der Waals surface area (Å²) >= 11 is 3.52. The van der Waals surface area contributed by atoms with Gasteiger partial charge in [-0.25, -0.2) is 0 Å². The number of hydrogen-bond acceptors (Lipinski definition) is 2. The largest absolute Gasteiger partial charge is 0.484 e. The standard InChI is InChI=1S/C20H24BrNO2/c1-4-5-6-16-7-9-17(10-8-16)22-19(23)13-24-18-11-14(2)20(21)15(3)12-18/h7-12H,4-6,13H2,1-3H3,(H,22,23). The number of hydrogen-bond donors (Lipinski definition) is 1. The van der Waals surface area contributed by atoms with Crippen LogP contribution in [0, 0.1) is 13.8 Å². The van der Waals surface area contributed by atoms with Gasteiger partial charge in [-0.2, -0.15) is 0 Å². The zero-order valence-electron chi connectivity index (χ0n) is 14.5. The Morgan fingerprint density at radius 2 is 1.75 bits per heavy atom. The molecule has 0 aliphatic carbocycles. The van der Waals surface area contributed by atoms with Crippen LogP contribution in [0.25, 0.3) is 0 Å². The van der Waals surface area contributed by atoms with E-state index in [0.717, 1.165) is 27.7 Å². The summed E-state index contributed by atoms with van der Waals surface area (Å²) in [5.74, 6) is 0.549. The zero-order valence-corrected chi connectivity index (χ0v) is 16.1. The third kappa shape index (κ3) is 5.38. The van der Waals surface area contributed by atoms with Crippen molar-refractivity contribution in [3.05, 3.63) is 57.6 Å². The molecule has 0 saturated heterocycles. The Balaban J connectivity index is 1.87. The summed E-state index contributed by atoms with van der Waals surface area (Å²) in [6.45, 7) is 6.19. The molecule has 2 aromatic carbocycles. The van der Waals surface area contributed by atoms with E-state index in [9.17, 15) is 4.79 Å². The third-order valence-electron chi connectivity index (χ3n) is 3.84. The van der Waals surface area contributed by atoms with Gasteiger partial charge in [-0.1, -0.05) is 41.4 Å². The van der Waals surface area contributed by atoms with Crippen LogP contribution in [0.5, 0.6) is 5.75 Å². The topological polar surface area (TPSA) is 38.3 Å². The first-order valence-corrected chi connectivity index (χ1v) is 9.07. The number of nitrogens with one attached hydrogen (secondary N) is 1. The van der Waals surface area contributed by atoms with Gasteiger partial charge in [0.25, 0.3) is 5.91 Å². The molecule has 0 atom stereocenters. The minimum absolute atomic E-state index is 0.00189. The van der Waals surface area contributed by atoms with E-state index in [0.29, 0.717) is 5.75 Å². The van der Waals surface area contributed by atoms with E-state index in [1.807, 2.05) is 38.1 Å². The highest BCUT2D eigenvalue weighted by Crippen LogP contribution is 2.26. The van der Waals surface area contributed by atoms with E-state index in [2.05, 4.69) is 40.3 Å². The molecule has 0 bridgehead atoms. The van der Waals surface area contributed by atoms with Crippen LogP contribution in [0.1, 0.15) is 36.5 Å². The van der Waals surface area contributed by atoms with Crippen molar-refractivity contribution in [3.8, 4) is 5.75 Å². The number of carbonyl (C=O) groups is 1. The molecule has 2 aromatic rings. The number of amides is 1. The molecule has 0 heterocycles. The summed E-state index contributed by atoms with van der Waals surface area (Å²) < 4.78 is 6.67. The maximum absolute atomic E-state index is 12.0. The molecule has 2 rings (SSSR count). The lowest BCUT2D eigenvalue weighted by Gasteiger charge is -2.11. The second-order valence-electron chi connectivity index (χ2n) is 6.01. The van der Waals surface area contributed by atoms with Gasteiger partial charge in [-0.3, -0.25) is 4.79 Å². The van der Waals surface area contributed by atoms with Crippen LogP contribution in [0.3, 0.4) is 0 Å². The van der Waals surface area contributed by atoms with Crippen molar-refractivity contribution >= 4 is 27.5 Å². The molecular weight excluding hydrogens is 366 g/mol. The number of anilines is 1. The van der Waals surface area contributed by atoms with Crippen molar-refractivity contribution in [3.63, 3.8) is 0 Å². The zero-order chi connectivity index (χ0) is 17.5. The minimum atomic E-state index is -0.158. The van der Waals surface area contributed by atoms with E-state index in [1.165, 1.54) is 18.4 Å². The number of ether oxygens (including phenoxy) is 1. The van der Waals surface area contributed by atoms with Crippen LogP contribution in [0.2, 0.25) is 0 Å². The minimum Gasteiger partial charge on any atom is -0.484 e. The molecule has 128 valence electrons. The number of carbonyl (C=O) groups excluding carboxylic acids is 1. The highest BCUT2D eigenvalue weighted by molar-refractivity contribution is 9.10. The van der Waals surface area contributed by atoms with Crippen LogP contribution >= 0.6 is 15.9 Å². The number of rotatable bonds is 7. The maximum Gasteiger partial charge on any atom is 0.262 e. The second-order valence-corrected chi connectivity index (χ2v) is 6.80. The summed E-state index contributed by atoms with van der Waals surface area (Å²) in [5, 5.41) is 2.86. The summed E-state index contributed by atoms with van der Waals surface area (Å²) in [6.07, 6.45) is 3.45. The summed E-state index contributed by atoms with van der Waals surface area (Å²) in [5.41, 5.74) is 4.28. The molecule has 0 aromatic heterocycles. The van der Waals surface area contributed by atoms with Crippen molar-refractivity contribution in [2.75, 3.05) is 11.9 Å². The van der Waals surface area contributed by atoms with Gasteiger partial charge in [0.1, 0.15) is 5.75 Å². The van der Waals surface area contributed by atoms with Crippen LogP contribution in [-0.4, -0.2) is 12.5 Å². The summed E-state index contributed by atoms with van der Waals surface area (Å²) in [4.78, 5) is 12.0. The van der Waals surface area contributed by atoms with E-state index in [-0.39, 0.29) is 12.5 Å². The fourth-order valence-electron chi connectivity index (χ4n) is 2.47. The predicted octanol–water partition coefficient (Wildman–Crippen LogP) is 5.43. The average molecular weight is 390 g/mol. The Hall–Kier alpha value is -1.81. The van der Waals surface area contributed by atoms with Crippen LogP contribution in [0.4, 0.5) is 5.69 Å². The molecular formula is C20H24BrNO2. The Morgan fingerprint density at radius 3 is 2.33 bits per heavy atom. The highest BCUT2D eigenvalue weighted by atomic mass is 79.9. The fraction of sp³-hybridized carbons (Fsp3) is 0.350. The highest BCUT2D eigenvalue weighted by Gasteiger charge is 2.07. The molecule has 0 radical (unpaired) electrons. The Labute approximate surface area is 152 Å². The van der Waals surface area contributed by atoms with Crippen molar-refractivity contribution in [2.45, 2.75) is 40.0 Å². The normalized spacial score (nSPS) is 10.5. The van der Waals surface area contributed by atoms with Crippen molar-refractivity contribution in [1.29, 1.82) is 0 Å². The molecule has 0 aliphatic rings. The lowest BCUT2D eigenvalue weighted by atomic mass is 10.1. The van der Waals surface area contributed by atoms with Gasteiger partial charge in [0, 0.05) is 10.2 Å². The predicted molar refractivity (Wildman–Crippen MR) is 103 cm³/mol. The lowest BCUT2D eigenvalue weighted by Crippen LogP contribution is -2.20. The first kappa shape index (κ1) is 18.5. The Bertz CT molecular complexity index is 672. The van der Waals surface area contributed by atoms with Crippen molar-refractivity contribution in [1.82, 2.24) is 0 Å². The average Bonchev–Trinajstić information content (AvgIpc) is 2.57. The van der Waals surface area contributed by atoms with Gasteiger partial charge >= 0.3 is 0 Å². The molecule has 0 spiro atoms. The third-order valence-corrected chi connectivity index (χ3v) is 5.09. The van der Waals surface area contributed by atoms with Gasteiger partial charge in [-0.15, -0.1) is 0 Å². The number of halogens is 1. The maximum atomic E-state index is 12.0. The fourth-order valence-corrected chi connectivity index (χ4v) is 2.70. The Kier molecular flexibility index (Phi) is 6.85. The van der Waals surface area contributed by atoms with E-state index < -0.39 is 0 Å². The van der Waals surface area contributed by atoms with Gasteiger partial charge in [0.05, 0.1) is 0 Å². The van der Waals surface area contributed by atoms with Gasteiger partial charge in [0.15, 0.2) is 6.61 Å². The van der Waals surface area contributed by atoms with Crippen molar-refractivity contribution in [2.24, 2.45) is 0 Å². The van der Waals surface area contributed by atoms with Crippen LogP contribution < -0.4 is 10.1 Å². The van der Waals surface area contributed by atoms with Gasteiger partial charge < -0.3 is 10.1 Å². The molecule has 0 unspecified atom stereocenters. The monoisotopic (exact) mass is 389 g/mol. The lowest BCUT2D eigenvalue weighted by molar-refractivity contribution is -0.118. The van der Waals surface area contributed by atoms with Crippen LogP contribution in [0.15, 0.2) is 40.9 Å². The molecule has 3 nitrogen and oxygen atoms in total. The molecule has 0 aliphatic heterocycles. The van der Waals surface area contributed by atoms with Crippen molar-refractivity contribution < 1.29 is 9.53 Å². The smallest absolute Gasteiger partial charge is 0.262 e. The SMILES string of the molecule is CCCCc1ccc(NC(=O)COc2cc(C)c(Br)c(C)c2)cc1. The van der Waals surface area contributed by atoms with E-state index in [1.54, 1.807) is 0 Å². The molecule has 1 amide bonds. The van der Waals surface area contributed by atoms with E-state index >= 15 is 0 Å². The number of aryl methyl sites for hydroxylation is 3. The summed E-state index contributed by atoms with van der Waals surface area (Å²) in [6, 6.07) is 11.9. The molecule has 0 fully saturated rings.